The molecule has 4 rings (SSSR count). The number of carbonyl (C=O) groups is 2. The van der Waals surface area contributed by atoms with E-state index in [1.165, 1.54) is 0 Å². The zero-order chi connectivity index (χ0) is 29.9. The van der Waals surface area contributed by atoms with Crippen LogP contribution in [0.2, 0.25) is 0 Å². The van der Waals surface area contributed by atoms with Gasteiger partial charge in [0.05, 0.1) is 13.2 Å². The number of carboxylic acids is 1. The maximum absolute atomic E-state index is 13.4. The van der Waals surface area contributed by atoms with E-state index in [0.29, 0.717) is 36.6 Å². The van der Waals surface area contributed by atoms with Crippen LogP contribution in [0.25, 0.3) is 22.5 Å². The van der Waals surface area contributed by atoms with Crippen LogP contribution < -0.4 is 10.6 Å². The number of carboxylic acid groups (broad SMARTS) is 1. The molecular weight excluding hydrogens is 532 g/mol. The molecule has 8 nitrogen and oxygen atoms in total. The second-order valence-electron chi connectivity index (χ2n) is 9.98. The number of aryl methyl sites for hydroxylation is 1. The average Bonchev–Trinajstić information content (AvgIpc) is 3.50. The van der Waals surface area contributed by atoms with Crippen molar-refractivity contribution < 1.29 is 28.6 Å². The van der Waals surface area contributed by atoms with Crippen LogP contribution in [-0.2, 0) is 20.9 Å². The number of nitrogens with one attached hydrogen (secondary N) is 2. The highest BCUT2D eigenvalue weighted by atomic mass is 16.5. The van der Waals surface area contributed by atoms with Gasteiger partial charge in [0.25, 0.3) is 5.91 Å². The molecule has 0 aliphatic heterocycles. The summed E-state index contributed by atoms with van der Waals surface area (Å²) in [4.78, 5) is 25.2. The molecule has 1 heterocycles. The van der Waals surface area contributed by atoms with Gasteiger partial charge in [-0.1, -0.05) is 60.7 Å². The fourth-order valence-electron chi connectivity index (χ4n) is 4.68. The van der Waals surface area contributed by atoms with E-state index in [2.05, 4.69) is 10.6 Å². The van der Waals surface area contributed by atoms with E-state index in [9.17, 15) is 14.7 Å². The summed E-state index contributed by atoms with van der Waals surface area (Å²) in [5.74, 6) is -0.0989. The Hall–Kier alpha value is -4.24. The van der Waals surface area contributed by atoms with Crippen molar-refractivity contribution in [2.75, 3.05) is 26.8 Å². The Morgan fingerprint density at radius 1 is 0.952 bits per heavy atom. The van der Waals surface area contributed by atoms with Gasteiger partial charge in [-0.05, 0) is 80.4 Å². The zero-order valence-corrected chi connectivity index (χ0v) is 24.3. The smallest absolute Gasteiger partial charge is 0.326 e. The van der Waals surface area contributed by atoms with Crippen LogP contribution in [0, 0.1) is 6.92 Å². The maximum atomic E-state index is 13.4. The topological polar surface area (TPSA) is 110 Å². The molecule has 42 heavy (non-hydrogen) atoms. The molecule has 0 saturated heterocycles. The summed E-state index contributed by atoms with van der Waals surface area (Å²) in [6.07, 6.45) is -0.167. The molecule has 0 aliphatic rings. The Kier molecular flexibility index (Phi) is 11.1. The highest BCUT2D eigenvalue weighted by molar-refractivity contribution is 6.02. The third-order valence-corrected chi connectivity index (χ3v) is 6.98. The summed E-state index contributed by atoms with van der Waals surface area (Å²) in [5.41, 5.74) is 4.81. The molecule has 0 fully saturated rings. The first-order valence-electron chi connectivity index (χ1n) is 14.1. The Balaban J connectivity index is 1.59. The van der Waals surface area contributed by atoms with E-state index in [4.69, 9.17) is 13.9 Å². The number of aliphatic carboxylic acids is 1. The molecule has 3 N–H and O–H groups in total. The molecule has 4 aromatic rings. The number of amides is 1. The Labute approximate surface area is 246 Å². The largest absolute Gasteiger partial charge is 0.480 e. The summed E-state index contributed by atoms with van der Waals surface area (Å²) >= 11 is 0. The van der Waals surface area contributed by atoms with Crippen molar-refractivity contribution in [2.45, 2.75) is 39.0 Å². The van der Waals surface area contributed by atoms with Gasteiger partial charge >= 0.3 is 5.97 Å². The van der Waals surface area contributed by atoms with Crippen molar-refractivity contribution >= 4 is 11.9 Å². The first kappa shape index (κ1) is 30.7. The second-order valence-corrected chi connectivity index (χ2v) is 9.98. The number of rotatable bonds is 15. The lowest BCUT2D eigenvalue weighted by atomic mass is 9.93. The molecule has 2 unspecified atom stereocenters. The summed E-state index contributed by atoms with van der Waals surface area (Å²) in [6, 6.07) is 26.0. The fraction of sp³-hybridized carbons (Fsp3) is 0.294. The van der Waals surface area contributed by atoms with E-state index in [1.807, 2.05) is 92.7 Å². The molecule has 0 radical (unpaired) electrons. The SMILES string of the molecule is CCOCC(OCc1ccc(C(=O)NC(CCNC)C(=O)O)c(-c2ccccc2C)c1)c1ccc(-c2ccccc2)o1. The zero-order valence-electron chi connectivity index (χ0n) is 24.3. The van der Waals surface area contributed by atoms with Crippen LogP contribution in [-0.4, -0.2) is 49.8 Å². The Morgan fingerprint density at radius 3 is 2.43 bits per heavy atom. The minimum Gasteiger partial charge on any atom is -0.480 e. The van der Waals surface area contributed by atoms with Crippen LogP contribution >= 0.6 is 0 Å². The van der Waals surface area contributed by atoms with E-state index < -0.39 is 24.0 Å². The van der Waals surface area contributed by atoms with Crippen molar-refractivity contribution in [2.24, 2.45) is 0 Å². The van der Waals surface area contributed by atoms with E-state index in [-0.39, 0.29) is 13.0 Å². The normalized spacial score (nSPS) is 12.5. The molecular formula is C34H38N2O6. The third-order valence-electron chi connectivity index (χ3n) is 6.98. The summed E-state index contributed by atoms with van der Waals surface area (Å²) in [6.45, 7) is 5.49. The quantitative estimate of drug-likeness (QED) is 0.161. The second kappa shape index (κ2) is 15.1. The van der Waals surface area contributed by atoms with Gasteiger partial charge in [-0.25, -0.2) is 4.79 Å². The van der Waals surface area contributed by atoms with E-state index in [1.54, 1.807) is 13.1 Å². The van der Waals surface area contributed by atoms with Crippen LogP contribution in [0.5, 0.6) is 0 Å². The molecule has 1 aromatic heterocycles. The van der Waals surface area contributed by atoms with Crippen molar-refractivity contribution in [1.82, 2.24) is 10.6 Å². The fourth-order valence-corrected chi connectivity index (χ4v) is 4.68. The number of carbonyl (C=O) groups excluding carboxylic acids is 1. The van der Waals surface area contributed by atoms with Crippen LogP contribution in [0.3, 0.4) is 0 Å². The van der Waals surface area contributed by atoms with Gasteiger partial charge < -0.3 is 29.6 Å². The third kappa shape index (κ3) is 7.94. The lowest BCUT2D eigenvalue weighted by Gasteiger charge is -2.19. The van der Waals surface area contributed by atoms with Gasteiger partial charge in [0, 0.05) is 17.7 Å². The molecule has 0 saturated carbocycles. The van der Waals surface area contributed by atoms with Gasteiger partial charge in [-0.15, -0.1) is 0 Å². The number of ether oxygens (including phenoxy) is 2. The summed E-state index contributed by atoms with van der Waals surface area (Å²) in [7, 11) is 1.74. The van der Waals surface area contributed by atoms with Gasteiger partial charge in [0.2, 0.25) is 0 Å². The Bertz CT molecular complexity index is 1470. The molecule has 0 bridgehead atoms. The van der Waals surface area contributed by atoms with Gasteiger partial charge in [0.15, 0.2) is 0 Å². The predicted molar refractivity (Wildman–Crippen MR) is 162 cm³/mol. The van der Waals surface area contributed by atoms with Gasteiger partial charge in [0.1, 0.15) is 23.7 Å². The molecule has 2 atom stereocenters. The number of hydrogen-bond acceptors (Lipinski definition) is 6. The first-order chi connectivity index (χ1) is 20.4. The van der Waals surface area contributed by atoms with E-state index >= 15 is 0 Å². The van der Waals surface area contributed by atoms with Crippen LogP contribution in [0.4, 0.5) is 0 Å². The minimum atomic E-state index is -1.07. The van der Waals surface area contributed by atoms with Crippen LogP contribution in [0.15, 0.2) is 89.3 Å². The summed E-state index contributed by atoms with van der Waals surface area (Å²) in [5, 5.41) is 15.3. The van der Waals surface area contributed by atoms with Crippen LogP contribution in [0.1, 0.15) is 46.7 Å². The molecule has 0 aliphatic carbocycles. The summed E-state index contributed by atoms with van der Waals surface area (Å²) < 4.78 is 18.2. The standard InChI is InChI=1S/C34H38N2O6/c1-4-40-22-32(31-17-16-30(42-31)25-11-6-5-7-12-25)41-21-24-14-15-27(28(20-24)26-13-9-8-10-23(26)2)33(37)36-29(34(38)39)18-19-35-3/h5-17,20,29,32,35H,4,18-19,21-22H2,1-3H3,(H,36,37)(H,38,39). The Morgan fingerprint density at radius 2 is 1.71 bits per heavy atom. The number of benzene rings is 3. The minimum absolute atomic E-state index is 0.250. The molecule has 8 heteroatoms. The lowest BCUT2D eigenvalue weighted by Crippen LogP contribution is -2.42. The average molecular weight is 571 g/mol. The van der Waals surface area contributed by atoms with Crippen molar-refractivity contribution in [3.05, 3.63) is 107 Å². The van der Waals surface area contributed by atoms with Crippen molar-refractivity contribution in [3.8, 4) is 22.5 Å². The molecule has 1 amide bonds. The lowest BCUT2D eigenvalue weighted by molar-refractivity contribution is -0.139. The molecule has 220 valence electrons. The van der Waals surface area contributed by atoms with E-state index in [0.717, 1.165) is 28.0 Å². The molecule has 3 aromatic carbocycles. The first-order valence-corrected chi connectivity index (χ1v) is 14.1. The predicted octanol–water partition coefficient (Wildman–Crippen LogP) is 6.01. The van der Waals surface area contributed by atoms with Crippen molar-refractivity contribution in [1.29, 1.82) is 0 Å². The monoisotopic (exact) mass is 570 g/mol. The van der Waals surface area contributed by atoms with Gasteiger partial charge in [-0.2, -0.15) is 0 Å². The van der Waals surface area contributed by atoms with Gasteiger partial charge in [-0.3, -0.25) is 4.79 Å². The number of furan rings is 1. The van der Waals surface area contributed by atoms with Crippen molar-refractivity contribution in [3.63, 3.8) is 0 Å². The molecule has 0 spiro atoms. The highest BCUT2D eigenvalue weighted by Gasteiger charge is 2.23. The highest BCUT2D eigenvalue weighted by Crippen LogP contribution is 2.31. The number of hydrogen-bond donors (Lipinski definition) is 3. The maximum Gasteiger partial charge on any atom is 0.326 e.